The van der Waals surface area contributed by atoms with Crippen molar-refractivity contribution in [1.29, 1.82) is 0 Å². The van der Waals surface area contributed by atoms with Crippen molar-refractivity contribution >= 4 is 0 Å². The third-order valence-electron chi connectivity index (χ3n) is 4.76. The molecule has 2 heteroatoms. The summed E-state index contributed by atoms with van der Waals surface area (Å²) in [7, 11) is 0. The molecule has 0 bridgehead atoms. The molecule has 0 saturated heterocycles. The minimum Gasteiger partial charge on any atom is -0.387 e. The molecule has 2 unspecified atom stereocenters. The quantitative estimate of drug-likeness (QED) is 0.881. The Labute approximate surface area is 110 Å². The summed E-state index contributed by atoms with van der Waals surface area (Å²) in [5, 5.41) is 10.5. The highest BCUT2D eigenvalue weighted by atomic mass is 16.3. The zero-order chi connectivity index (χ0) is 12.5. The van der Waals surface area contributed by atoms with Crippen LogP contribution in [0, 0.1) is 5.92 Å². The number of hydrogen-bond acceptors (Lipinski definition) is 2. The monoisotopic (exact) mass is 245 g/mol. The van der Waals surface area contributed by atoms with Crippen molar-refractivity contribution < 1.29 is 5.11 Å². The molecule has 0 spiro atoms. The molecule has 1 saturated carbocycles. The minimum atomic E-state index is -0.291. The van der Waals surface area contributed by atoms with Gasteiger partial charge in [-0.2, -0.15) is 0 Å². The molecule has 18 heavy (non-hydrogen) atoms. The van der Waals surface area contributed by atoms with Crippen LogP contribution in [-0.4, -0.2) is 29.1 Å². The second-order valence-corrected chi connectivity index (χ2v) is 5.80. The lowest BCUT2D eigenvalue weighted by molar-refractivity contribution is 0.0448. The predicted octanol–water partition coefficient (Wildman–Crippen LogP) is 2.77. The first kappa shape index (κ1) is 12.2. The number of likely N-dealkylation sites (N-methyl/N-ethyl adjacent to an activating group) is 1. The number of benzene rings is 1. The Balaban J connectivity index is 1.72. The Bertz CT molecular complexity index is 413. The first-order chi connectivity index (χ1) is 8.79. The van der Waals surface area contributed by atoms with Gasteiger partial charge in [-0.15, -0.1) is 0 Å². The maximum atomic E-state index is 10.5. The van der Waals surface area contributed by atoms with E-state index in [1.54, 1.807) is 0 Å². The molecule has 0 aromatic heterocycles. The van der Waals surface area contributed by atoms with E-state index in [9.17, 15) is 5.11 Å². The molecular formula is C16H23NO. The second kappa shape index (κ2) is 5.02. The van der Waals surface area contributed by atoms with Crippen LogP contribution >= 0.6 is 0 Å². The van der Waals surface area contributed by atoms with E-state index in [1.165, 1.54) is 31.4 Å². The van der Waals surface area contributed by atoms with Crippen molar-refractivity contribution in [2.45, 2.75) is 44.8 Å². The zero-order valence-corrected chi connectivity index (χ0v) is 11.2. The topological polar surface area (TPSA) is 23.5 Å². The van der Waals surface area contributed by atoms with Gasteiger partial charge >= 0.3 is 0 Å². The van der Waals surface area contributed by atoms with Crippen LogP contribution in [0.5, 0.6) is 0 Å². The molecule has 98 valence electrons. The van der Waals surface area contributed by atoms with Gasteiger partial charge in [0.15, 0.2) is 0 Å². The van der Waals surface area contributed by atoms with Gasteiger partial charge in [-0.1, -0.05) is 37.6 Å². The smallest absolute Gasteiger partial charge is 0.0951 e. The molecule has 0 heterocycles. The lowest BCUT2D eigenvalue weighted by Gasteiger charge is -2.36. The molecule has 1 aromatic rings. The minimum absolute atomic E-state index is 0.291. The summed E-state index contributed by atoms with van der Waals surface area (Å²) in [6.45, 7) is 4.44. The summed E-state index contributed by atoms with van der Waals surface area (Å²) < 4.78 is 0. The fourth-order valence-electron chi connectivity index (χ4n) is 3.39. The van der Waals surface area contributed by atoms with Gasteiger partial charge in [0.1, 0.15) is 0 Å². The van der Waals surface area contributed by atoms with Crippen molar-refractivity contribution in [2.75, 3.05) is 13.1 Å². The van der Waals surface area contributed by atoms with Crippen LogP contribution in [0.15, 0.2) is 24.3 Å². The number of hydrogen-bond donors (Lipinski definition) is 1. The Kier molecular flexibility index (Phi) is 3.40. The second-order valence-electron chi connectivity index (χ2n) is 5.80. The molecule has 0 amide bonds. The number of aliphatic hydroxyl groups excluding tert-OH is 1. The van der Waals surface area contributed by atoms with E-state index >= 15 is 0 Å². The molecule has 3 rings (SSSR count). The fourth-order valence-corrected chi connectivity index (χ4v) is 3.39. The first-order valence-corrected chi connectivity index (χ1v) is 7.29. The first-order valence-electron chi connectivity index (χ1n) is 7.29. The normalized spacial score (nSPS) is 27.3. The Morgan fingerprint density at radius 3 is 2.67 bits per heavy atom. The Morgan fingerprint density at radius 1 is 1.28 bits per heavy atom. The van der Waals surface area contributed by atoms with Gasteiger partial charge < -0.3 is 5.11 Å². The highest BCUT2D eigenvalue weighted by Gasteiger charge is 2.35. The van der Waals surface area contributed by atoms with Crippen molar-refractivity contribution in [3.05, 3.63) is 35.4 Å². The van der Waals surface area contributed by atoms with Crippen molar-refractivity contribution in [2.24, 2.45) is 5.92 Å². The SMILES string of the molecule is CCN(CC1CCC1)C1Cc2ccccc2C1O. The van der Waals surface area contributed by atoms with Crippen LogP contribution in [0.4, 0.5) is 0 Å². The third kappa shape index (κ3) is 2.08. The van der Waals surface area contributed by atoms with Crippen molar-refractivity contribution in [3.8, 4) is 0 Å². The zero-order valence-electron chi connectivity index (χ0n) is 11.2. The van der Waals surface area contributed by atoms with E-state index in [2.05, 4.69) is 30.0 Å². The van der Waals surface area contributed by atoms with Crippen LogP contribution in [0.3, 0.4) is 0 Å². The van der Waals surface area contributed by atoms with Crippen LogP contribution in [-0.2, 0) is 6.42 Å². The summed E-state index contributed by atoms with van der Waals surface area (Å²) in [4.78, 5) is 2.49. The van der Waals surface area contributed by atoms with Gasteiger partial charge in [-0.25, -0.2) is 0 Å². The van der Waals surface area contributed by atoms with Crippen molar-refractivity contribution in [3.63, 3.8) is 0 Å². The number of fused-ring (bicyclic) bond motifs is 1. The highest BCUT2D eigenvalue weighted by Crippen LogP contribution is 2.36. The maximum absolute atomic E-state index is 10.5. The molecule has 2 atom stereocenters. The van der Waals surface area contributed by atoms with E-state index in [1.807, 2.05) is 6.07 Å². The standard InChI is InChI=1S/C16H23NO/c1-2-17(11-12-6-5-7-12)15-10-13-8-3-4-9-14(13)16(15)18/h3-4,8-9,12,15-16,18H,2,5-7,10-11H2,1H3. The molecule has 0 aliphatic heterocycles. The van der Waals surface area contributed by atoms with Gasteiger partial charge in [0.2, 0.25) is 0 Å². The van der Waals surface area contributed by atoms with E-state index in [-0.39, 0.29) is 6.10 Å². The molecule has 0 radical (unpaired) electrons. The highest BCUT2D eigenvalue weighted by molar-refractivity contribution is 5.35. The number of aliphatic hydroxyl groups is 1. The molecule has 2 nitrogen and oxygen atoms in total. The average Bonchev–Trinajstić information content (AvgIpc) is 2.67. The van der Waals surface area contributed by atoms with E-state index in [4.69, 9.17) is 0 Å². The van der Waals surface area contributed by atoms with E-state index < -0.39 is 0 Å². The van der Waals surface area contributed by atoms with Crippen molar-refractivity contribution in [1.82, 2.24) is 4.90 Å². The van der Waals surface area contributed by atoms with Crippen LogP contribution < -0.4 is 0 Å². The number of nitrogens with zero attached hydrogens (tertiary/aromatic N) is 1. The Morgan fingerprint density at radius 2 is 2.06 bits per heavy atom. The molecule has 2 aliphatic carbocycles. The van der Waals surface area contributed by atoms with E-state index in [0.29, 0.717) is 6.04 Å². The van der Waals surface area contributed by atoms with Gasteiger partial charge in [-0.3, -0.25) is 4.90 Å². The maximum Gasteiger partial charge on any atom is 0.0951 e. The molecule has 1 aromatic carbocycles. The lowest BCUT2D eigenvalue weighted by Crippen LogP contribution is -2.42. The summed E-state index contributed by atoms with van der Waals surface area (Å²) in [6, 6.07) is 8.66. The molecule has 2 aliphatic rings. The summed E-state index contributed by atoms with van der Waals surface area (Å²) in [6.07, 6.45) is 4.88. The van der Waals surface area contributed by atoms with Gasteiger partial charge in [-0.05, 0) is 42.9 Å². The average molecular weight is 245 g/mol. The molecule has 1 N–H and O–H groups in total. The van der Waals surface area contributed by atoms with Crippen LogP contribution in [0.2, 0.25) is 0 Å². The summed E-state index contributed by atoms with van der Waals surface area (Å²) >= 11 is 0. The van der Waals surface area contributed by atoms with Gasteiger partial charge in [0.25, 0.3) is 0 Å². The van der Waals surface area contributed by atoms with Gasteiger partial charge in [0.05, 0.1) is 6.10 Å². The lowest BCUT2D eigenvalue weighted by atomic mass is 9.84. The fraction of sp³-hybridized carbons (Fsp3) is 0.625. The summed E-state index contributed by atoms with van der Waals surface area (Å²) in [5.74, 6) is 0.876. The largest absolute Gasteiger partial charge is 0.387 e. The van der Waals surface area contributed by atoms with Gasteiger partial charge in [0, 0.05) is 12.6 Å². The summed E-state index contributed by atoms with van der Waals surface area (Å²) in [5.41, 5.74) is 2.48. The van der Waals surface area contributed by atoms with E-state index in [0.717, 1.165) is 24.4 Å². The Hall–Kier alpha value is -0.860. The van der Waals surface area contributed by atoms with Crippen LogP contribution in [0.25, 0.3) is 0 Å². The molecular weight excluding hydrogens is 222 g/mol. The predicted molar refractivity (Wildman–Crippen MR) is 73.5 cm³/mol. The molecule has 1 fully saturated rings. The number of rotatable bonds is 4. The van der Waals surface area contributed by atoms with Crippen LogP contribution in [0.1, 0.15) is 43.4 Å². The third-order valence-corrected chi connectivity index (χ3v) is 4.76.